The van der Waals surface area contributed by atoms with Crippen molar-refractivity contribution < 1.29 is 27.4 Å². The molecule has 2 aromatic carbocycles. The molecule has 0 radical (unpaired) electrons. The van der Waals surface area contributed by atoms with Gasteiger partial charge in [-0.05, 0) is 36.2 Å². The summed E-state index contributed by atoms with van der Waals surface area (Å²) < 4.78 is 49.2. The highest BCUT2D eigenvalue weighted by atomic mass is 32.2. The van der Waals surface area contributed by atoms with Crippen molar-refractivity contribution in [1.82, 2.24) is 4.72 Å². The van der Waals surface area contributed by atoms with Crippen LogP contribution in [-0.2, 0) is 23.0 Å². The van der Waals surface area contributed by atoms with E-state index in [1.165, 1.54) is 27.4 Å². The Bertz CT molecular complexity index is 895. The highest BCUT2D eigenvalue weighted by Gasteiger charge is 2.20. The van der Waals surface area contributed by atoms with Gasteiger partial charge in [-0.25, -0.2) is 13.1 Å². The van der Waals surface area contributed by atoms with Crippen LogP contribution in [0.5, 0.6) is 23.0 Å². The monoisotopic (exact) mass is 395 g/mol. The normalized spacial score (nSPS) is 11.1. The summed E-state index contributed by atoms with van der Waals surface area (Å²) >= 11 is 0. The molecular weight excluding hydrogens is 370 g/mol. The molecule has 2 aromatic rings. The molecule has 0 atom stereocenters. The van der Waals surface area contributed by atoms with Crippen LogP contribution >= 0.6 is 0 Å². The maximum Gasteiger partial charge on any atom is 0.240 e. The van der Waals surface area contributed by atoms with Crippen LogP contribution in [-0.4, -0.2) is 36.9 Å². The number of hydrogen-bond acceptors (Lipinski definition) is 6. The number of nitrogens with one attached hydrogen (secondary N) is 1. The third kappa shape index (κ3) is 4.45. The number of hydrogen-bond donors (Lipinski definition) is 1. The SMILES string of the molecule is CCc1cc(S(=O)(=O)NCc2ccc(OC)c(OC)c2OC)ccc1OC. The predicted octanol–water partition coefficient (Wildman–Crippen LogP) is 2.76. The van der Waals surface area contributed by atoms with E-state index in [0.29, 0.717) is 35.0 Å². The molecule has 0 amide bonds. The fraction of sp³-hybridized carbons (Fsp3) is 0.368. The number of ether oxygens (including phenoxy) is 4. The van der Waals surface area contributed by atoms with Crippen molar-refractivity contribution in [2.75, 3.05) is 28.4 Å². The van der Waals surface area contributed by atoms with E-state index >= 15 is 0 Å². The van der Waals surface area contributed by atoms with Crippen molar-refractivity contribution in [3.8, 4) is 23.0 Å². The summed E-state index contributed by atoms with van der Waals surface area (Å²) in [5, 5.41) is 0. The summed E-state index contributed by atoms with van der Waals surface area (Å²) in [7, 11) is 2.36. The summed E-state index contributed by atoms with van der Waals surface area (Å²) in [6.07, 6.45) is 0.663. The molecule has 0 saturated carbocycles. The van der Waals surface area contributed by atoms with Crippen LogP contribution in [0.25, 0.3) is 0 Å². The average molecular weight is 395 g/mol. The summed E-state index contributed by atoms with van der Waals surface area (Å²) in [5.41, 5.74) is 1.45. The van der Waals surface area contributed by atoms with E-state index in [1.807, 2.05) is 6.92 Å². The average Bonchev–Trinajstić information content (AvgIpc) is 2.70. The first-order valence-electron chi connectivity index (χ1n) is 8.36. The predicted molar refractivity (Wildman–Crippen MR) is 102 cm³/mol. The van der Waals surface area contributed by atoms with Gasteiger partial charge in [0.1, 0.15) is 5.75 Å². The molecule has 0 heterocycles. The Morgan fingerprint density at radius 1 is 0.815 bits per heavy atom. The van der Waals surface area contributed by atoms with E-state index in [4.69, 9.17) is 18.9 Å². The van der Waals surface area contributed by atoms with Crippen LogP contribution in [0, 0.1) is 0 Å². The van der Waals surface area contributed by atoms with Gasteiger partial charge < -0.3 is 18.9 Å². The molecule has 0 aliphatic carbocycles. The molecule has 1 N–H and O–H groups in total. The van der Waals surface area contributed by atoms with E-state index < -0.39 is 10.0 Å². The van der Waals surface area contributed by atoms with Crippen molar-refractivity contribution in [3.63, 3.8) is 0 Å². The molecule has 27 heavy (non-hydrogen) atoms. The van der Waals surface area contributed by atoms with Crippen LogP contribution < -0.4 is 23.7 Å². The Labute approximate surface area is 160 Å². The fourth-order valence-electron chi connectivity index (χ4n) is 2.76. The summed E-state index contributed by atoms with van der Waals surface area (Å²) in [6, 6.07) is 8.23. The molecule has 0 saturated heterocycles. The van der Waals surface area contributed by atoms with Gasteiger partial charge in [0, 0.05) is 12.1 Å². The molecule has 0 aliphatic rings. The molecule has 148 valence electrons. The molecule has 8 heteroatoms. The molecule has 0 spiro atoms. The lowest BCUT2D eigenvalue weighted by atomic mass is 10.1. The smallest absolute Gasteiger partial charge is 0.240 e. The van der Waals surface area contributed by atoms with Gasteiger partial charge in [-0.1, -0.05) is 13.0 Å². The molecule has 0 fully saturated rings. The minimum absolute atomic E-state index is 0.0410. The lowest BCUT2D eigenvalue weighted by Crippen LogP contribution is -2.23. The first-order valence-corrected chi connectivity index (χ1v) is 9.84. The van der Waals surface area contributed by atoms with E-state index in [9.17, 15) is 8.42 Å². The van der Waals surface area contributed by atoms with Gasteiger partial charge in [-0.2, -0.15) is 0 Å². The van der Waals surface area contributed by atoms with Gasteiger partial charge in [0.25, 0.3) is 0 Å². The molecule has 2 rings (SSSR count). The first-order chi connectivity index (χ1) is 12.9. The fourth-order valence-corrected chi connectivity index (χ4v) is 3.81. The minimum Gasteiger partial charge on any atom is -0.496 e. The number of aryl methyl sites for hydroxylation is 1. The van der Waals surface area contributed by atoms with Crippen LogP contribution in [0.3, 0.4) is 0 Å². The third-order valence-corrected chi connectivity index (χ3v) is 5.58. The quantitative estimate of drug-likeness (QED) is 0.703. The summed E-state index contributed by atoms with van der Waals surface area (Å²) in [5.74, 6) is 2.00. The largest absolute Gasteiger partial charge is 0.496 e. The van der Waals surface area contributed by atoms with Gasteiger partial charge in [0.15, 0.2) is 11.5 Å². The van der Waals surface area contributed by atoms with E-state index in [1.54, 1.807) is 31.4 Å². The van der Waals surface area contributed by atoms with Crippen molar-refractivity contribution >= 4 is 10.0 Å². The van der Waals surface area contributed by atoms with E-state index in [0.717, 1.165) is 5.56 Å². The van der Waals surface area contributed by atoms with Gasteiger partial charge in [-0.15, -0.1) is 0 Å². The Kier molecular flexibility index (Phi) is 6.92. The Hall–Kier alpha value is -2.45. The molecule has 0 unspecified atom stereocenters. The van der Waals surface area contributed by atoms with Crippen LogP contribution in [0.15, 0.2) is 35.2 Å². The van der Waals surface area contributed by atoms with E-state index in [2.05, 4.69) is 4.72 Å². The maximum atomic E-state index is 12.7. The van der Waals surface area contributed by atoms with Crippen molar-refractivity contribution in [2.24, 2.45) is 0 Å². The maximum absolute atomic E-state index is 12.7. The second kappa shape index (κ2) is 8.96. The van der Waals surface area contributed by atoms with Crippen molar-refractivity contribution in [3.05, 3.63) is 41.5 Å². The summed E-state index contributed by atoms with van der Waals surface area (Å²) in [4.78, 5) is 0.180. The number of methoxy groups -OCH3 is 4. The Balaban J connectivity index is 2.30. The second-order valence-electron chi connectivity index (χ2n) is 5.65. The van der Waals surface area contributed by atoms with Gasteiger partial charge >= 0.3 is 0 Å². The third-order valence-electron chi connectivity index (χ3n) is 4.18. The lowest BCUT2D eigenvalue weighted by Gasteiger charge is -2.16. The number of rotatable bonds is 9. The molecule has 0 aromatic heterocycles. The van der Waals surface area contributed by atoms with Gasteiger partial charge in [-0.3, -0.25) is 0 Å². The molecular formula is C19H25NO6S. The van der Waals surface area contributed by atoms with Gasteiger partial charge in [0.2, 0.25) is 15.8 Å². The highest BCUT2D eigenvalue weighted by molar-refractivity contribution is 7.89. The zero-order valence-corrected chi connectivity index (χ0v) is 17.0. The number of sulfonamides is 1. The summed E-state index contributed by atoms with van der Waals surface area (Å²) in [6.45, 7) is 1.98. The zero-order valence-electron chi connectivity index (χ0n) is 16.2. The van der Waals surface area contributed by atoms with E-state index in [-0.39, 0.29) is 11.4 Å². The first kappa shape index (κ1) is 20.9. The Morgan fingerprint density at radius 2 is 1.44 bits per heavy atom. The van der Waals surface area contributed by atoms with Crippen molar-refractivity contribution in [2.45, 2.75) is 24.8 Å². The Morgan fingerprint density at radius 3 is 2.00 bits per heavy atom. The van der Waals surface area contributed by atoms with Crippen LogP contribution in [0.1, 0.15) is 18.1 Å². The van der Waals surface area contributed by atoms with Gasteiger partial charge in [0.05, 0.1) is 33.3 Å². The standard InChI is InChI=1S/C19H25NO6S/c1-6-13-11-15(8-10-16(13)23-2)27(21,22)20-12-14-7-9-17(24-3)19(26-5)18(14)25-4/h7-11,20H,6,12H2,1-5H3. The molecule has 7 nitrogen and oxygen atoms in total. The van der Waals surface area contributed by atoms with Crippen molar-refractivity contribution in [1.29, 1.82) is 0 Å². The second-order valence-corrected chi connectivity index (χ2v) is 7.41. The minimum atomic E-state index is -3.71. The van der Waals surface area contributed by atoms with Crippen LogP contribution in [0.4, 0.5) is 0 Å². The molecule has 0 aliphatic heterocycles. The lowest BCUT2D eigenvalue weighted by molar-refractivity contribution is 0.322. The highest BCUT2D eigenvalue weighted by Crippen LogP contribution is 2.39. The number of benzene rings is 2. The zero-order chi connectivity index (χ0) is 20.0. The molecule has 0 bridgehead atoms. The van der Waals surface area contributed by atoms with Crippen LogP contribution in [0.2, 0.25) is 0 Å². The topological polar surface area (TPSA) is 83.1 Å².